The number of nitrogens with one attached hydrogen (secondary N) is 1. The van der Waals surface area contributed by atoms with Crippen molar-refractivity contribution >= 4 is 41.0 Å². The minimum Gasteiger partial charge on any atom is -0.481 e. The SMILES string of the molecule is CC(=O)Oc1c(C)cc(C=NN=C2NC(=O)C(CC(=O)O)S2)cc1C. The molecule has 0 saturated carbocycles. The van der Waals surface area contributed by atoms with Crippen LogP contribution in [0.3, 0.4) is 0 Å². The van der Waals surface area contributed by atoms with E-state index in [1.807, 2.05) is 13.8 Å². The van der Waals surface area contributed by atoms with Gasteiger partial charge in [-0.1, -0.05) is 11.8 Å². The van der Waals surface area contributed by atoms with Gasteiger partial charge in [0.2, 0.25) is 5.91 Å². The number of carboxylic acids is 1. The van der Waals surface area contributed by atoms with Crippen molar-refractivity contribution in [3.8, 4) is 5.75 Å². The smallest absolute Gasteiger partial charge is 0.308 e. The van der Waals surface area contributed by atoms with Crippen LogP contribution in [-0.2, 0) is 14.4 Å². The van der Waals surface area contributed by atoms with Gasteiger partial charge in [-0.05, 0) is 42.7 Å². The third kappa shape index (κ3) is 5.15. The zero-order valence-corrected chi connectivity index (χ0v) is 14.7. The van der Waals surface area contributed by atoms with Gasteiger partial charge in [0, 0.05) is 6.92 Å². The standard InChI is InChI=1S/C16H17N3O5S/c1-8-4-11(5-9(2)14(8)24-10(3)20)7-17-19-16-18-15(23)12(25-16)6-13(21)22/h4-5,7,12H,6H2,1-3H3,(H,21,22)(H,18,19,23). The van der Waals surface area contributed by atoms with Gasteiger partial charge >= 0.3 is 11.9 Å². The molecule has 25 heavy (non-hydrogen) atoms. The first kappa shape index (κ1) is 18.7. The molecule has 0 bridgehead atoms. The van der Waals surface area contributed by atoms with Crippen molar-refractivity contribution in [2.24, 2.45) is 10.2 Å². The van der Waals surface area contributed by atoms with Crippen LogP contribution in [0.4, 0.5) is 0 Å². The van der Waals surface area contributed by atoms with Gasteiger partial charge in [-0.2, -0.15) is 5.10 Å². The summed E-state index contributed by atoms with van der Waals surface area (Å²) in [5.74, 6) is -1.30. The highest BCUT2D eigenvalue weighted by Crippen LogP contribution is 2.25. The second-order valence-corrected chi connectivity index (χ2v) is 6.61. The van der Waals surface area contributed by atoms with E-state index in [9.17, 15) is 14.4 Å². The summed E-state index contributed by atoms with van der Waals surface area (Å²) in [5.41, 5.74) is 2.33. The zero-order chi connectivity index (χ0) is 18.6. The molecule has 1 amide bonds. The molecular weight excluding hydrogens is 346 g/mol. The van der Waals surface area contributed by atoms with Crippen molar-refractivity contribution in [2.45, 2.75) is 32.4 Å². The van der Waals surface area contributed by atoms with Crippen LogP contribution in [0.25, 0.3) is 0 Å². The number of ether oxygens (including phenoxy) is 1. The highest BCUT2D eigenvalue weighted by Gasteiger charge is 2.32. The topological polar surface area (TPSA) is 117 Å². The Labute approximate surface area is 148 Å². The number of carbonyl (C=O) groups excluding carboxylic acids is 2. The normalized spacial score (nSPS) is 18.6. The van der Waals surface area contributed by atoms with Gasteiger partial charge in [0.15, 0.2) is 5.17 Å². The molecular formula is C16H17N3O5S. The van der Waals surface area contributed by atoms with Gasteiger partial charge < -0.3 is 15.2 Å². The summed E-state index contributed by atoms with van der Waals surface area (Å²) in [6.07, 6.45) is 1.23. The van der Waals surface area contributed by atoms with Crippen LogP contribution >= 0.6 is 11.8 Å². The van der Waals surface area contributed by atoms with Crippen molar-refractivity contribution in [1.29, 1.82) is 0 Å². The molecule has 8 nitrogen and oxygen atoms in total. The van der Waals surface area contributed by atoms with E-state index in [1.54, 1.807) is 12.1 Å². The molecule has 9 heteroatoms. The molecule has 2 rings (SSSR count). The number of thioether (sulfide) groups is 1. The molecule has 2 N–H and O–H groups in total. The number of amides is 1. The number of nitrogens with zero attached hydrogens (tertiary/aromatic N) is 2. The van der Waals surface area contributed by atoms with Crippen molar-refractivity contribution < 1.29 is 24.2 Å². The average molecular weight is 363 g/mol. The van der Waals surface area contributed by atoms with E-state index in [0.717, 1.165) is 28.5 Å². The largest absolute Gasteiger partial charge is 0.481 e. The zero-order valence-electron chi connectivity index (χ0n) is 13.9. The second-order valence-electron chi connectivity index (χ2n) is 5.42. The number of aryl methyl sites for hydroxylation is 2. The number of carbonyl (C=O) groups is 3. The van der Waals surface area contributed by atoms with E-state index in [-0.39, 0.29) is 17.6 Å². The minimum atomic E-state index is -1.05. The predicted octanol–water partition coefficient (Wildman–Crippen LogP) is 1.62. The van der Waals surface area contributed by atoms with Crippen LogP contribution in [0.15, 0.2) is 22.3 Å². The summed E-state index contributed by atoms with van der Waals surface area (Å²) in [5, 5.41) is 18.6. The van der Waals surface area contributed by atoms with E-state index in [1.165, 1.54) is 13.1 Å². The fourth-order valence-corrected chi connectivity index (χ4v) is 3.17. The van der Waals surface area contributed by atoms with Gasteiger partial charge in [0.1, 0.15) is 11.0 Å². The van der Waals surface area contributed by atoms with Crippen LogP contribution in [-0.4, -0.2) is 39.6 Å². The van der Waals surface area contributed by atoms with Crippen LogP contribution in [0.2, 0.25) is 0 Å². The Bertz CT molecular complexity index is 765. The third-order valence-corrected chi connectivity index (χ3v) is 4.29. The van der Waals surface area contributed by atoms with Crippen molar-refractivity contribution in [3.63, 3.8) is 0 Å². The van der Waals surface area contributed by atoms with Crippen LogP contribution < -0.4 is 10.1 Å². The molecule has 1 aromatic carbocycles. The summed E-state index contributed by atoms with van der Waals surface area (Å²) < 4.78 is 5.16. The monoisotopic (exact) mass is 363 g/mol. The molecule has 0 spiro atoms. The summed E-state index contributed by atoms with van der Waals surface area (Å²) in [6.45, 7) is 4.98. The number of esters is 1. The van der Waals surface area contributed by atoms with E-state index >= 15 is 0 Å². The molecule has 0 aliphatic carbocycles. The minimum absolute atomic E-state index is 0.262. The lowest BCUT2D eigenvalue weighted by Crippen LogP contribution is -2.26. The van der Waals surface area contributed by atoms with Crippen LogP contribution in [0.5, 0.6) is 5.75 Å². The lowest BCUT2D eigenvalue weighted by atomic mass is 10.1. The average Bonchev–Trinajstić information content (AvgIpc) is 2.82. The molecule has 1 unspecified atom stereocenters. The highest BCUT2D eigenvalue weighted by atomic mass is 32.2. The first-order valence-electron chi connectivity index (χ1n) is 7.36. The summed E-state index contributed by atoms with van der Waals surface area (Å²) in [6, 6.07) is 3.59. The number of carboxylic acid groups (broad SMARTS) is 1. The van der Waals surface area contributed by atoms with Crippen molar-refractivity contribution in [2.75, 3.05) is 0 Å². The molecule has 1 aliphatic rings. The van der Waals surface area contributed by atoms with Crippen molar-refractivity contribution in [1.82, 2.24) is 5.32 Å². The molecule has 1 fully saturated rings. The van der Waals surface area contributed by atoms with Gasteiger partial charge in [-0.25, -0.2) is 0 Å². The molecule has 1 aliphatic heterocycles. The molecule has 0 aromatic heterocycles. The van der Waals surface area contributed by atoms with E-state index < -0.39 is 17.1 Å². The number of amidine groups is 1. The first-order valence-corrected chi connectivity index (χ1v) is 8.24. The Kier molecular flexibility index (Phi) is 5.92. The lowest BCUT2D eigenvalue weighted by molar-refractivity contribution is -0.138. The van der Waals surface area contributed by atoms with E-state index in [4.69, 9.17) is 9.84 Å². The lowest BCUT2D eigenvalue weighted by Gasteiger charge is -2.09. The number of rotatable bonds is 5. The summed E-state index contributed by atoms with van der Waals surface area (Å²) in [7, 11) is 0. The Hall–Kier alpha value is -2.68. The molecule has 132 valence electrons. The van der Waals surface area contributed by atoms with E-state index in [2.05, 4.69) is 15.5 Å². The number of benzene rings is 1. The maximum absolute atomic E-state index is 11.6. The quantitative estimate of drug-likeness (QED) is 0.355. The second kappa shape index (κ2) is 7.93. The molecule has 1 heterocycles. The Morgan fingerprint density at radius 1 is 1.36 bits per heavy atom. The number of hydrogen-bond acceptors (Lipinski definition) is 7. The Balaban J connectivity index is 2.09. The first-order chi connectivity index (χ1) is 11.8. The fraction of sp³-hybridized carbons (Fsp3) is 0.312. The molecule has 1 aromatic rings. The maximum atomic E-state index is 11.6. The van der Waals surface area contributed by atoms with Gasteiger partial charge in [-0.3, -0.25) is 14.4 Å². The number of aliphatic carboxylic acids is 1. The predicted molar refractivity (Wildman–Crippen MR) is 94.0 cm³/mol. The van der Waals surface area contributed by atoms with Gasteiger partial charge in [0.05, 0.1) is 12.6 Å². The Morgan fingerprint density at radius 3 is 2.56 bits per heavy atom. The van der Waals surface area contributed by atoms with Crippen LogP contribution in [0.1, 0.15) is 30.0 Å². The fourth-order valence-electron chi connectivity index (χ4n) is 2.26. The number of hydrogen-bond donors (Lipinski definition) is 2. The van der Waals surface area contributed by atoms with Gasteiger partial charge in [-0.15, -0.1) is 5.10 Å². The Morgan fingerprint density at radius 2 is 2.00 bits per heavy atom. The van der Waals surface area contributed by atoms with Gasteiger partial charge in [0.25, 0.3) is 0 Å². The van der Waals surface area contributed by atoms with Crippen LogP contribution in [0, 0.1) is 13.8 Å². The highest BCUT2D eigenvalue weighted by molar-refractivity contribution is 8.15. The molecule has 1 atom stereocenters. The summed E-state index contributed by atoms with van der Waals surface area (Å²) in [4.78, 5) is 33.4. The van der Waals surface area contributed by atoms with Crippen molar-refractivity contribution in [3.05, 3.63) is 28.8 Å². The third-order valence-electron chi connectivity index (χ3n) is 3.22. The molecule has 0 radical (unpaired) electrons. The molecule has 1 saturated heterocycles. The summed E-state index contributed by atoms with van der Waals surface area (Å²) >= 11 is 1.04. The maximum Gasteiger partial charge on any atom is 0.308 e. The van der Waals surface area contributed by atoms with E-state index in [0.29, 0.717) is 5.75 Å².